The molecule has 5 heteroatoms. The van der Waals surface area contributed by atoms with Gasteiger partial charge in [0.25, 0.3) is 0 Å². The van der Waals surface area contributed by atoms with Crippen LogP contribution in [0.25, 0.3) is 0 Å². The molecule has 2 unspecified atom stereocenters. The van der Waals surface area contributed by atoms with Crippen molar-refractivity contribution in [2.75, 3.05) is 5.32 Å². The van der Waals surface area contributed by atoms with Crippen LogP contribution in [0.5, 0.6) is 0 Å². The molecule has 0 aliphatic heterocycles. The lowest BCUT2D eigenvalue weighted by atomic mass is 10.1. The summed E-state index contributed by atoms with van der Waals surface area (Å²) in [5.41, 5.74) is 2.53. The molecule has 1 aliphatic rings. The third-order valence-corrected chi connectivity index (χ3v) is 5.24. The van der Waals surface area contributed by atoms with Gasteiger partial charge in [-0.3, -0.25) is 5.32 Å². The Kier molecular flexibility index (Phi) is 4.48. The number of anilines is 1. The second kappa shape index (κ2) is 7.07. The van der Waals surface area contributed by atoms with E-state index in [2.05, 4.69) is 39.9 Å². The van der Waals surface area contributed by atoms with Gasteiger partial charge < -0.3 is 5.32 Å². The molecule has 2 atom stereocenters. The first-order valence-electron chi connectivity index (χ1n) is 8.39. The highest BCUT2D eigenvalue weighted by atomic mass is 32.1. The number of urea groups is 1. The van der Waals surface area contributed by atoms with Crippen molar-refractivity contribution < 1.29 is 4.79 Å². The molecule has 0 saturated heterocycles. The number of thiazole rings is 1. The van der Waals surface area contributed by atoms with Crippen molar-refractivity contribution in [2.24, 2.45) is 0 Å². The van der Waals surface area contributed by atoms with Gasteiger partial charge in [0.05, 0.1) is 0 Å². The molecular formula is C20H19N3OS. The Morgan fingerprint density at radius 2 is 1.80 bits per heavy atom. The molecule has 0 bridgehead atoms. The molecule has 1 aliphatic carbocycles. The van der Waals surface area contributed by atoms with Crippen LogP contribution in [0.4, 0.5) is 9.93 Å². The molecule has 3 aromatic rings. The smallest absolute Gasteiger partial charge is 0.321 e. The van der Waals surface area contributed by atoms with Gasteiger partial charge in [-0.25, -0.2) is 9.78 Å². The predicted molar refractivity (Wildman–Crippen MR) is 101 cm³/mol. The van der Waals surface area contributed by atoms with E-state index in [1.54, 1.807) is 0 Å². The third kappa shape index (κ3) is 4.06. The number of nitrogens with one attached hydrogen (secondary N) is 2. The van der Waals surface area contributed by atoms with E-state index in [0.29, 0.717) is 11.0 Å². The molecule has 4 nitrogen and oxygen atoms in total. The van der Waals surface area contributed by atoms with Crippen LogP contribution in [0.2, 0.25) is 0 Å². The van der Waals surface area contributed by atoms with Crippen LogP contribution in [0.3, 0.4) is 0 Å². The normalized spacial score (nSPS) is 18.6. The van der Waals surface area contributed by atoms with Crippen LogP contribution in [0.1, 0.15) is 28.3 Å². The Bertz CT molecular complexity index is 848. The number of carbonyl (C=O) groups excluding carboxylic acids is 1. The number of hydrogen-bond acceptors (Lipinski definition) is 3. The van der Waals surface area contributed by atoms with E-state index in [0.717, 1.165) is 17.7 Å². The number of rotatable bonds is 5. The molecule has 25 heavy (non-hydrogen) atoms. The SMILES string of the molecule is O=C(Nc1ncc(Cc2ccccc2)s1)NC1CC1c1ccccc1. The topological polar surface area (TPSA) is 54.0 Å². The first kappa shape index (κ1) is 15.8. The number of amides is 2. The summed E-state index contributed by atoms with van der Waals surface area (Å²) in [4.78, 5) is 17.6. The minimum Gasteiger partial charge on any atom is -0.334 e. The highest BCUT2D eigenvalue weighted by molar-refractivity contribution is 7.15. The van der Waals surface area contributed by atoms with Crippen molar-refractivity contribution >= 4 is 22.5 Å². The van der Waals surface area contributed by atoms with Crippen molar-refractivity contribution in [3.8, 4) is 0 Å². The summed E-state index contributed by atoms with van der Waals surface area (Å²) >= 11 is 1.52. The Labute approximate surface area is 150 Å². The lowest BCUT2D eigenvalue weighted by Crippen LogP contribution is -2.31. The lowest BCUT2D eigenvalue weighted by Gasteiger charge is -2.05. The number of benzene rings is 2. The van der Waals surface area contributed by atoms with Gasteiger partial charge in [0.1, 0.15) is 0 Å². The average Bonchev–Trinajstić information content (AvgIpc) is 3.26. The minimum absolute atomic E-state index is 0.177. The molecule has 4 rings (SSSR count). The summed E-state index contributed by atoms with van der Waals surface area (Å²) in [6, 6.07) is 20.6. The number of aromatic nitrogens is 1. The second-order valence-corrected chi connectivity index (χ2v) is 7.37. The molecular weight excluding hydrogens is 330 g/mol. The number of carbonyl (C=O) groups is 1. The zero-order valence-corrected chi connectivity index (χ0v) is 14.5. The second-order valence-electron chi connectivity index (χ2n) is 6.25. The van der Waals surface area contributed by atoms with Crippen molar-refractivity contribution in [2.45, 2.75) is 24.8 Å². The minimum atomic E-state index is -0.177. The Balaban J connectivity index is 1.29. The zero-order chi connectivity index (χ0) is 17.1. The molecule has 0 radical (unpaired) electrons. The van der Waals surface area contributed by atoms with E-state index >= 15 is 0 Å². The van der Waals surface area contributed by atoms with E-state index in [1.807, 2.05) is 42.6 Å². The lowest BCUT2D eigenvalue weighted by molar-refractivity contribution is 0.251. The maximum Gasteiger partial charge on any atom is 0.321 e. The monoisotopic (exact) mass is 349 g/mol. The first-order valence-corrected chi connectivity index (χ1v) is 9.21. The summed E-state index contributed by atoms with van der Waals surface area (Å²) in [6.45, 7) is 0. The van der Waals surface area contributed by atoms with E-state index in [-0.39, 0.29) is 12.1 Å². The Morgan fingerprint density at radius 3 is 2.56 bits per heavy atom. The van der Waals surface area contributed by atoms with E-state index in [1.165, 1.54) is 22.5 Å². The van der Waals surface area contributed by atoms with E-state index < -0.39 is 0 Å². The molecule has 1 aromatic heterocycles. The van der Waals surface area contributed by atoms with Crippen molar-refractivity contribution in [1.29, 1.82) is 0 Å². The maximum atomic E-state index is 12.2. The van der Waals surface area contributed by atoms with Gasteiger partial charge in [-0.15, -0.1) is 11.3 Å². The van der Waals surface area contributed by atoms with Gasteiger partial charge in [-0.2, -0.15) is 0 Å². The van der Waals surface area contributed by atoms with Crippen LogP contribution >= 0.6 is 11.3 Å². The fraction of sp³-hybridized carbons (Fsp3) is 0.200. The van der Waals surface area contributed by atoms with Gasteiger partial charge >= 0.3 is 6.03 Å². The van der Waals surface area contributed by atoms with Gasteiger partial charge in [-0.05, 0) is 17.5 Å². The highest BCUT2D eigenvalue weighted by Crippen LogP contribution is 2.40. The molecule has 0 spiro atoms. The van der Waals surface area contributed by atoms with Gasteiger partial charge in [0, 0.05) is 29.5 Å². The fourth-order valence-electron chi connectivity index (χ4n) is 2.97. The van der Waals surface area contributed by atoms with Crippen LogP contribution in [0, 0.1) is 0 Å². The standard InChI is InChI=1S/C20H19N3OS/c24-19(22-18-12-17(18)15-9-5-2-6-10-15)23-20-21-13-16(25-20)11-14-7-3-1-4-8-14/h1-10,13,17-18H,11-12H2,(H2,21,22,23,24). The van der Waals surface area contributed by atoms with Crippen LogP contribution in [0.15, 0.2) is 66.9 Å². The molecule has 126 valence electrons. The summed E-state index contributed by atoms with van der Waals surface area (Å²) < 4.78 is 0. The van der Waals surface area contributed by atoms with Crippen molar-refractivity contribution in [3.05, 3.63) is 82.9 Å². The van der Waals surface area contributed by atoms with E-state index in [9.17, 15) is 4.79 Å². The number of hydrogen-bond donors (Lipinski definition) is 2. The predicted octanol–water partition coefficient (Wildman–Crippen LogP) is 4.41. The van der Waals surface area contributed by atoms with Crippen molar-refractivity contribution in [1.82, 2.24) is 10.3 Å². The van der Waals surface area contributed by atoms with Crippen LogP contribution in [-0.4, -0.2) is 17.1 Å². The highest BCUT2D eigenvalue weighted by Gasteiger charge is 2.39. The summed E-state index contributed by atoms with van der Waals surface area (Å²) in [5, 5.41) is 6.51. The summed E-state index contributed by atoms with van der Waals surface area (Å²) in [6.07, 6.45) is 3.66. The molecule has 2 N–H and O–H groups in total. The third-order valence-electron chi connectivity index (χ3n) is 4.33. The first-order chi connectivity index (χ1) is 12.3. The summed E-state index contributed by atoms with van der Waals surface area (Å²) in [5.74, 6) is 0.428. The fourth-order valence-corrected chi connectivity index (χ4v) is 3.81. The Hall–Kier alpha value is -2.66. The van der Waals surface area contributed by atoms with Gasteiger partial charge in [0.15, 0.2) is 5.13 Å². The maximum absolute atomic E-state index is 12.2. The Morgan fingerprint density at radius 1 is 1.08 bits per heavy atom. The molecule has 1 heterocycles. The molecule has 2 amide bonds. The largest absolute Gasteiger partial charge is 0.334 e. The quantitative estimate of drug-likeness (QED) is 0.717. The molecule has 1 fully saturated rings. The van der Waals surface area contributed by atoms with Crippen LogP contribution in [-0.2, 0) is 6.42 Å². The van der Waals surface area contributed by atoms with Crippen molar-refractivity contribution in [3.63, 3.8) is 0 Å². The van der Waals surface area contributed by atoms with Gasteiger partial charge in [0.2, 0.25) is 0 Å². The summed E-state index contributed by atoms with van der Waals surface area (Å²) in [7, 11) is 0. The number of nitrogens with zero attached hydrogens (tertiary/aromatic N) is 1. The molecule has 1 saturated carbocycles. The van der Waals surface area contributed by atoms with Crippen LogP contribution < -0.4 is 10.6 Å². The molecule has 2 aromatic carbocycles. The zero-order valence-electron chi connectivity index (χ0n) is 13.7. The van der Waals surface area contributed by atoms with Gasteiger partial charge in [-0.1, -0.05) is 60.7 Å². The van der Waals surface area contributed by atoms with E-state index in [4.69, 9.17) is 0 Å². The average molecular weight is 349 g/mol.